The van der Waals surface area contributed by atoms with Crippen molar-refractivity contribution in [2.24, 2.45) is 7.05 Å². The lowest BCUT2D eigenvalue weighted by atomic mass is 9.96. The van der Waals surface area contributed by atoms with Crippen LogP contribution in [0.3, 0.4) is 0 Å². The number of aliphatic hydroxyl groups excluding tert-OH is 1. The third-order valence-corrected chi connectivity index (χ3v) is 5.52. The molecule has 27 heavy (non-hydrogen) atoms. The number of nitrogens with one attached hydrogen (secondary N) is 1. The van der Waals surface area contributed by atoms with Crippen molar-refractivity contribution in [3.8, 4) is 0 Å². The van der Waals surface area contributed by atoms with Gasteiger partial charge in [-0.2, -0.15) is 0 Å². The average Bonchev–Trinajstić information content (AvgIpc) is 3.08. The number of likely N-dealkylation sites (tertiary alicyclic amines) is 1. The van der Waals surface area contributed by atoms with Crippen LogP contribution in [0.25, 0.3) is 0 Å². The molecule has 1 aliphatic heterocycles. The van der Waals surface area contributed by atoms with Gasteiger partial charge in [0.1, 0.15) is 12.4 Å². The van der Waals surface area contributed by atoms with E-state index in [1.807, 2.05) is 23.4 Å². The first-order valence-electron chi connectivity index (χ1n) is 9.66. The van der Waals surface area contributed by atoms with Crippen LogP contribution in [0.5, 0.6) is 0 Å². The topological polar surface area (TPSA) is 83.3 Å². The first-order chi connectivity index (χ1) is 13.0. The molecule has 0 saturated carbocycles. The van der Waals surface area contributed by atoms with E-state index in [1.54, 1.807) is 0 Å². The first kappa shape index (κ1) is 19.4. The highest BCUT2D eigenvalue weighted by molar-refractivity contribution is 5.74. The Morgan fingerprint density at radius 2 is 1.93 bits per heavy atom. The Labute approximate surface area is 160 Å². The molecule has 1 aromatic carbocycles. The number of hydrogen-bond donors (Lipinski definition) is 2. The van der Waals surface area contributed by atoms with Gasteiger partial charge in [-0.3, -0.25) is 0 Å². The Morgan fingerprint density at radius 3 is 2.48 bits per heavy atom. The van der Waals surface area contributed by atoms with Crippen LogP contribution in [0.2, 0.25) is 0 Å². The summed E-state index contributed by atoms with van der Waals surface area (Å²) in [5, 5.41) is 20.6. The molecule has 1 saturated heterocycles. The monoisotopic (exact) mass is 371 g/mol. The number of aryl methyl sites for hydroxylation is 1. The maximum absolute atomic E-state index is 12.6. The molecule has 2 heterocycles. The fourth-order valence-corrected chi connectivity index (χ4v) is 3.61. The molecule has 0 radical (unpaired) electrons. The predicted molar refractivity (Wildman–Crippen MR) is 103 cm³/mol. The quantitative estimate of drug-likeness (QED) is 0.846. The lowest BCUT2D eigenvalue weighted by molar-refractivity contribution is 0.177. The van der Waals surface area contributed by atoms with Gasteiger partial charge in [-0.25, -0.2) is 4.79 Å². The second-order valence-electron chi connectivity index (χ2n) is 7.22. The molecular weight excluding hydrogens is 342 g/mol. The summed E-state index contributed by atoms with van der Waals surface area (Å²) in [5.41, 5.74) is 2.42. The van der Waals surface area contributed by atoms with E-state index in [2.05, 4.69) is 46.7 Å². The van der Waals surface area contributed by atoms with E-state index in [0.717, 1.165) is 30.7 Å². The van der Waals surface area contributed by atoms with Crippen molar-refractivity contribution >= 4 is 6.03 Å². The van der Waals surface area contributed by atoms with Gasteiger partial charge < -0.3 is 19.9 Å². The molecule has 1 aromatic heterocycles. The third-order valence-electron chi connectivity index (χ3n) is 5.52. The predicted octanol–water partition coefficient (Wildman–Crippen LogP) is 2.52. The standard InChI is InChI=1S/C20H29N5O2/c1-4-15-5-7-16(8-6-15)14(2)21-20(27)25-11-9-17(10-12-25)19-23-22-18(13-26)24(19)3/h5-8,14,17,26H,4,9-13H2,1-3H3,(H,21,27)/t14-/m1/s1. The molecule has 0 aliphatic carbocycles. The van der Waals surface area contributed by atoms with E-state index in [4.69, 9.17) is 0 Å². The van der Waals surface area contributed by atoms with Crippen molar-refractivity contribution in [2.45, 2.75) is 51.7 Å². The highest BCUT2D eigenvalue weighted by Crippen LogP contribution is 2.27. The maximum atomic E-state index is 12.6. The summed E-state index contributed by atoms with van der Waals surface area (Å²) in [6.07, 6.45) is 2.72. The van der Waals surface area contributed by atoms with Gasteiger partial charge in [0.05, 0.1) is 6.04 Å². The molecule has 1 fully saturated rings. The second kappa shape index (κ2) is 8.52. The highest BCUT2D eigenvalue weighted by Gasteiger charge is 2.27. The number of aliphatic hydroxyl groups is 1. The lowest BCUT2D eigenvalue weighted by Gasteiger charge is -2.32. The van der Waals surface area contributed by atoms with E-state index in [9.17, 15) is 9.90 Å². The van der Waals surface area contributed by atoms with Crippen molar-refractivity contribution in [1.82, 2.24) is 25.0 Å². The Hall–Kier alpha value is -2.41. The number of nitrogens with zero attached hydrogens (tertiary/aromatic N) is 4. The minimum absolute atomic E-state index is 0.0190. The minimum atomic E-state index is -0.109. The van der Waals surface area contributed by atoms with E-state index in [-0.39, 0.29) is 24.6 Å². The third kappa shape index (κ3) is 4.30. The molecule has 0 unspecified atom stereocenters. The largest absolute Gasteiger partial charge is 0.388 e. The van der Waals surface area contributed by atoms with Crippen molar-refractivity contribution < 1.29 is 9.90 Å². The van der Waals surface area contributed by atoms with Crippen LogP contribution < -0.4 is 5.32 Å². The van der Waals surface area contributed by atoms with Gasteiger partial charge in [-0.1, -0.05) is 31.2 Å². The highest BCUT2D eigenvalue weighted by atomic mass is 16.3. The first-order valence-corrected chi connectivity index (χ1v) is 9.66. The Balaban J connectivity index is 1.54. The molecule has 7 nitrogen and oxygen atoms in total. The second-order valence-corrected chi connectivity index (χ2v) is 7.22. The molecular formula is C20H29N5O2. The van der Waals surface area contributed by atoms with E-state index < -0.39 is 0 Å². The van der Waals surface area contributed by atoms with Crippen LogP contribution in [0.1, 0.15) is 61.4 Å². The smallest absolute Gasteiger partial charge is 0.317 e. The maximum Gasteiger partial charge on any atom is 0.317 e. The van der Waals surface area contributed by atoms with Crippen LogP contribution in [-0.2, 0) is 20.1 Å². The summed E-state index contributed by atoms with van der Waals surface area (Å²) in [5.74, 6) is 1.74. The van der Waals surface area contributed by atoms with Crippen LogP contribution >= 0.6 is 0 Å². The molecule has 146 valence electrons. The molecule has 0 spiro atoms. The molecule has 2 amide bonds. The zero-order chi connectivity index (χ0) is 19.4. The lowest BCUT2D eigenvalue weighted by Crippen LogP contribution is -2.45. The SMILES string of the molecule is CCc1ccc([C@@H](C)NC(=O)N2CCC(c3nnc(CO)n3C)CC2)cc1. The molecule has 1 atom stereocenters. The average molecular weight is 371 g/mol. The van der Waals surface area contributed by atoms with Gasteiger partial charge in [0.2, 0.25) is 0 Å². The van der Waals surface area contributed by atoms with Crippen LogP contribution in [0.4, 0.5) is 4.79 Å². The van der Waals surface area contributed by atoms with Crippen molar-refractivity contribution in [2.75, 3.05) is 13.1 Å². The van der Waals surface area contributed by atoms with Gasteiger partial charge in [-0.15, -0.1) is 10.2 Å². The number of benzene rings is 1. The summed E-state index contributed by atoms with van der Waals surface area (Å²) in [6.45, 7) is 5.43. The summed E-state index contributed by atoms with van der Waals surface area (Å²) in [4.78, 5) is 14.5. The fraction of sp³-hybridized carbons (Fsp3) is 0.550. The molecule has 3 rings (SSSR count). The van der Waals surface area contributed by atoms with Crippen molar-refractivity contribution in [3.05, 3.63) is 47.0 Å². The number of rotatable bonds is 5. The number of amides is 2. The minimum Gasteiger partial charge on any atom is -0.388 e. The Kier molecular flexibility index (Phi) is 6.11. The molecule has 7 heteroatoms. The number of carbonyl (C=O) groups is 1. The van der Waals surface area contributed by atoms with Crippen LogP contribution in [-0.4, -0.2) is 43.9 Å². The van der Waals surface area contributed by atoms with Gasteiger partial charge in [0.15, 0.2) is 5.82 Å². The Bertz CT molecular complexity index is 763. The van der Waals surface area contributed by atoms with Gasteiger partial charge >= 0.3 is 6.03 Å². The fourth-order valence-electron chi connectivity index (χ4n) is 3.61. The zero-order valence-corrected chi connectivity index (χ0v) is 16.4. The molecule has 2 N–H and O–H groups in total. The van der Waals surface area contributed by atoms with E-state index in [1.165, 1.54) is 5.56 Å². The zero-order valence-electron chi connectivity index (χ0n) is 16.4. The summed E-state index contributed by atoms with van der Waals surface area (Å²) >= 11 is 0. The number of carbonyl (C=O) groups excluding carboxylic acids is 1. The number of hydrogen-bond acceptors (Lipinski definition) is 4. The van der Waals surface area contributed by atoms with E-state index in [0.29, 0.717) is 18.9 Å². The number of aromatic nitrogens is 3. The normalized spacial score (nSPS) is 16.4. The van der Waals surface area contributed by atoms with Crippen LogP contribution in [0.15, 0.2) is 24.3 Å². The van der Waals surface area contributed by atoms with E-state index >= 15 is 0 Å². The molecule has 2 aromatic rings. The molecule has 0 bridgehead atoms. The van der Waals surface area contributed by atoms with Gasteiger partial charge in [-0.05, 0) is 37.3 Å². The summed E-state index contributed by atoms with van der Waals surface area (Å²) < 4.78 is 1.86. The number of piperidine rings is 1. The summed E-state index contributed by atoms with van der Waals surface area (Å²) in [7, 11) is 1.88. The van der Waals surface area contributed by atoms with Crippen molar-refractivity contribution in [3.63, 3.8) is 0 Å². The van der Waals surface area contributed by atoms with Gasteiger partial charge in [0.25, 0.3) is 0 Å². The number of urea groups is 1. The van der Waals surface area contributed by atoms with Crippen LogP contribution in [0, 0.1) is 0 Å². The van der Waals surface area contributed by atoms with Gasteiger partial charge in [0, 0.05) is 26.1 Å². The molecule has 1 aliphatic rings. The summed E-state index contributed by atoms with van der Waals surface area (Å²) in [6, 6.07) is 8.36. The Morgan fingerprint density at radius 1 is 1.26 bits per heavy atom. The van der Waals surface area contributed by atoms with Crippen molar-refractivity contribution in [1.29, 1.82) is 0 Å².